The molecule has 31 heavy (non-hydrogen) atoms. The third-order valence-electron chi connectivity index (χ3n) is 11.2. The van der Waals surface area contributed by atoms with Crippen molar-refractivity contribution in [2.24, 2.45) is 46.3 Å². The zero-order valence-corrected chi connectivity index (χ0v) is 20.5. The van der Waals surface area contributed by atoms with E-state index >= 15 is 0 Å². The summed E-state index contributed by atoms with van der Waals surface area (Å²) in [5, 5.41) is 0. The minimum Gasteiger partial charge on any atom is -0.0839 e. The maximum absolute atomic E-state index is 2.73. The first kappa shape index (κ1) is 21.8. The van der Waals surface area contributed by atoms with Gasteiger partial charge in [-0.15, -0.1) is 0 Å². The van der Waals surface area contributed by atoms with Gasteiger partial charge in [0.2, 0.25) is 0 Å². The van der Waals surface area contributed by atoms with Crippen LogP contribution in [-0.2, 0) is 0 Å². The normalized spacial score (nSPS) is 43.3. The van der Waals surface area contributed by atoms with Gasteiger partial charge >= 0.3 is 0 Å². The third-order valence-corrected chi connectivity index (χ3v) is 11.2. The van der Waals surface area contributed by atoms with Crippen molar-refractivity contribution in [3.63, 3.8) is 0 Å². The largest absolute Gasteiger partial charge is 0.0839 e. The Hall–Kier alpha value is -1.04. The van der Waals surface area contributed by atoms with E-state index in [1.54, 1.807) is 19.3 Å². The summed E-state index contributed by atoms with van der Waals surface area (Å²) in [5.74, 6) is 6.01. The van der Waals surface area contributed by atoms with Gasteiger partial charge in [-0.05, 0) is 116 Å². The predicted molar refractivity (Wildman–Crippen MR) is 134 cm³/mol. The van der Waals surface area contributed by atoms with Crippen molar-refractivity contribution < 1.29 is 0 Å². The van der Waals surface area contributed by atoms with Gasteiger partial charge in [0, 0.05) is 0 Å². The van der Waals surface area contributed by atoms with Crippen molar-refractivity contribution in [3.8, 4) is 0 Å². The van der Waals surface area contributed by atoms with Gasteiger partial charge in [0.15, 0.2) is 0 Å². The van der Waals surface area contributed by atoms with E-state index in [0.29, 0.717) is 10.8 Å². The summed E-state index contributed by atoms with van der Waals surface area (Å²) in [5.41, 5.74) is 2.66. The molecule has 1 aromatic rings. The van der Waals surface area contributed by atoms with Crippen molar-refractivity contribution >= 4 is 6.08 Å². The van der Waals surface area contributed by atoms with Crippen molar-refractivity contribution in [1.29, 1.82) is 0 Å². The van der Waals surface area contributed by atoms with Gasteiger partial charge in [0.05, 0.1) is 0 Å². The van der Waals surface area contributed by atoms with Crippen LogP contribution in [0, 0.1) is 46.3 Å². The van der Waals surface area contributed by atoms with Crippen LogP contribution in [0.2, 0.25) is 0 Å². The Kier molecular flexibility index (Phi) is 6.13. The number of rotatable bonds is 5. The average Bonchev–Trinajstić information content (AvgIpc) is 3.14. The standard InChI is InChI=1S/C31H46/c1-23(11-7-8-14-24-12-5-4-6-13-24)27-18-19-28-26-17-16-25-15-9-10-21-30(25,2)29(26)20-22-31(27,28)3/h4-6,8,12-14,23,25-29H,7,9-11,15-22H2,1-3H3/b14-8-/t23-,25?,26?,27?,28?,29?,30?,31?/m1/s1. The van der Waals surface area contributed by atoms with Gasteiger partial charge in [0.25, 0.3) is 0 Å². The van der Waals surface area contributed by atoms with Gasteiger partial charge in [-0.1, -0.05) is 76.1 Å². The Balaban J connectivity index is 1.23. The summed E-state index contributed by atoms with van der Waals surface area (Å²) in [7, 11) is 0. The molecule has 0 heteroatoms. The van der Waals surface area contributed by atoms with Crippen LogP contribution in [0.1, 0.15) is 103 Å². The molecule has 170 valence electrons. The van der Waals surface area contributed by atoms with Crippen LogP contribution in [0.15, 0.2) is 36.4 Å². The summed E-state index contributed by atoms with van der Waals surface area (Å²) >= 11 is 0. The van der Waals surface area contributed by atoms with Gasteiger partial charge < -0.3 is 0 Å². The van der Waals surface area contributed by atoms with E-state index < -0.39 is 0 Å². The van der Waals surface area contributed by atoms with Crippen molar-refractivity contribution in [3.05, 3.63) is 42.0 Å². The van der Waals surface area contributed by atoms with Crippen LogP contribution in [0.5, 0.6) is 0 Å². The zero-order chi connectivity index (χ0) is 21.5. The van der Waals surface area contributed by atoms with Gasteiger partial charge in [-0.3, -0.25) is 0 Å². The van der Waals surface area contributed by atoms with E-state index in [2.05, 4.69) is 63.3 Å². The Bertz CT molecular complexity index is 762. The van der Waals surface area contributed by atoms with Crippen LogP contribution in [0.25, 0.3) is 6.08 Å². The Morgan fingerprint density at radius 2 is 1.68 bits per heavy atom. The number of benzene rings is 1. The molecule has 0 spiro atoms. The third kappa shape index (κ3) is 3.85. The second-order valence-electron chi connectivity index (χ2n) is 12.5. The minimum atomic E-state index is 0.627. The second-order valence-corrected chi connectivity index (χ2v) is 12.5. The SMILES string of the molecule is C[C@H](CC/C=C\c1ccccc1)C1CCC2C3CCC4CCCCC4(C)C3CCC21C. The highest BCUT2D eigenvalue weighted by atomic mass is 14.6. The van der Waals surface area contributed by atoms with Crippen LogP contribution in [0.3, 0.4) is 0 Å². The smallest absolute Gasteiger partial charge is 0.0260 e. The summed E-state index contributed by atoms with van der Waals surface area (Å²) in [6, 6.07) is 10.8. The zero-order valence-electron chi connectivity index (χ0n) is 20.5. The molecule has 0 nitrogen and oxygen atoms in total. The van der Waals surface area contributed by atoms with Crippen LogP contribution >= 0.6 is 0 Å². The lowest BCUT2D eigenvalue weighted by Crippen LogP contribution is -2.53. The molecular formula is C31H46. The summed E-state index contributed by atoms with van der Waals surface area (Å²) in [4.78, 5) is 0. The van der Waals surface area contributed by atoms with Crippen molar-refractivity contribution in [1.82, 2.24) is 0 Å². The van der Waals surface area contributed by atoms with E-state index in [4.69, 9.17) is 0 Å². The molecule has 0 aromatic heterocycles. The highest BCUT2D eigenvalue weighted by molar-refractivity contribution is 5.48. The maximum atomic E-state index is 2.73. The molecule has 0 N–H and O–H groups in total. The van der Waals surface area contributed by atoms with Crippen LogP contribution in [0.4, 0.5) is 0 Å². The molecule has 7 unspecified atom stereocenters. The number of hydrogen-bond acceptors (Lipinski definition) is 0. The number of allylic oxidation sites excluding steroid dienone is 1. The molecule has 4 aliphatic rings. The summed E-state index contributed by atoms with van der Waals surface area (Å²) < 4.78 is 0. The number of fused-ring (bicyclic) bond motifs is 5. The fourth-order valence-electron chi connectivity index (χ4n) is 9.61. The van der Waals surface area contributed by atoms with E-state index in [9.17, 15) is 0 Å². The Labute approximate surface area is 192 Å². The molecular weight excluding hydrogens is 372 g/mol. The molecule has 5 rings (SSSR count). The van der Waals surface area contributed by atoms with Crippen molar-refractivity contribution in [2.75, 3.05) is 0 Å². The van der Waals surface area contributed by atoms with Gasteiger partial charge in [-0.25, -0.2) is 0 Å². The quantitative estimate of drug-likeness (QED) is 0.447. The van der Waals surface area contributed by atoms with E-state index in [-0.39, 0.29) is 0 Å². The molecule has 4 fully saturated rings. The fraction of sp³-hybridized carbons (Fsp3) is 0.742. The highest BCUT2D eigenvalue weighted by Gasteiger charge is 2.59. The lowest BCUT2D eigenvalue weighted by Gasteiger charge is -2.61. The molecule has 0 saturated heterocycles. The lowest BCUT2D eigenvalue weighted by molar-refractivity contribution is -0.114. The van der Waals surface area contributed by atoms with E-state index in [0.717, 1.165) is 35.5 Å². The number of hydrogen-bond donors (Lipinski definition) is 0. The monoisotopic (exact) mass is 418 g/mol. The second kappa shape index (κ2) is 8.72. The lowest BCUT2D eigenvalue weighted by atomic mass is 9.44. The molecule has 1 aromatic carbocycles. The highest BCUT2D eigenvalue weighted by Crippen LogP contribution is 2.68. The molecule has 0 heterocycles. The van der Waals surface area contributed by atoms with Crippen LogP contribution < -0.4 is 0 Å². The topological polar surface area (TPSA) is 0 Å². The Morgan fingerprint density at radius 3 is 2.52 bits per heavy atom. The van der Waals surface area contributed by atoms with Gasteiger partial charge in [0.1, 0.15) is 0 Å². The first-order chi connectivity index (χ1) is 15.0. The van der Waals surface area contributed by atoms with E-state index in [1.807, 2.05) is 0 Å². The van der Waals surface area contributed by atoms with Crippen LogP contribution in [-0.4, -0.2) is 0 Å². The average molecular weight is 419 g/mol. The molecule has 0 aliphatic heterocycles. The Morgan fingerprint density at radius 1 is 0.871 bits per heavy atom. The molecule has 0 bridgehead atoms. The molecule has 4 aliphatic carbocycles. The molecule has 8 atom stereocenters. The predicted octanol–water partition coefficient (Wildman–Crippen LogP) is 9.17. The maximum Gasteiger partial charge on any atom is -0.0260 e. The molecule has 0 radical (unpaired) electrons. The van der Waals surface area contributed by atoms with E-state index in [1.165, 1.54) is 63.4 Å². The molecule has 4 saturated carbocycles. The minimum absolute atomic E-state index is 0.627. The van der Waals surface area contributed by atoms with Crippen molar-refractivity contribution in [2.45, 2.75) is 97.8 Å². The van der Waals surface area contributed by atoms with Gasteiger partial charge in [-0.2, -0.15) is 0 Å². The first-order valence-corrected chi connectivity index (χ1v) is 13.7. The first-order valence-electron chi connectivity index (χ1n) is 13.7. The fourth-order valence-corrected chi connectivity index (χ4v) is 9.61. The molecule has 0 amide bonds. The summed E-state index contributed by atoms with van der Waals surface area (Å²) in [6.45, 7) is 8.04. The summed E-state index contributed by atoms with van der Waals surface area (Å²) in [6.07, 6.45) is 22.7.